The first kappa shape index (κ1) is 20.0. The summed E-state index contributed by atoms with van der Waals surface area (Å²) in [6.07, 6.45) is -4.49. The van der Waals surface area contributed by atoms with Crippen LogP contribution >= 0.6 is 7.52 Å². The Labute approximate surface area is 154 Å². The smallest absolute Gasteiger partial charge is 0.379 e. The molecular weight excluding hydrogens is 386 g/mol. The predicted molar refractivity (Wildman–Crippen MR) is 90.1 cm³/mol. The van der Waals surface area contributed by atoms with Gasteiger partial charge in [-0.25, -0.2) is 4.67 Å². The van der Waals surface area contributed by atoms with Crippen LogP contribution < -0.4 is 0 Å². The maximum Gasteiger partial charge on any atom is 0.471 e. The summed E-state index contributed by atoms with van der Waals surface area (Å²) in [5.74, 6) is -1.55. The lowest BCUT2D eigenvalue weighted by atomic mass is 10.1. The summed E-state index contributed by atoms with van der Waals surface area (Å²) in [5, 5.41) is 3.35. The van der Waals surface area contributed by atoms with Crippen molar-refractivity contribution in [2.75, 3.05) is 32.9 Å². The number of benzene rings is 1. The van der Waals surface area contributed by atoms with Crippen LogP contribution in [-0.4, -0.2) is 47.7 Å². The third-order valence-corrected chi connectivity index (χ3v) is 6.70. The summed E-state index contributed by atoms with van der Waals surface area (Å²) >= 11 is 0. The molecule has 1 aromatic carbocycles. The third kappa shape index (κ3) is 4.76. The zero-order valence-corrected chi connectivity index (χ0v) is 15.5. The molecule has 7 nitrogen and oxygen atoms in total. The first-order valence-electron chi connectivity index (χ1n) is 8.39. The molecule has 1 aliphatic rings. The van der Waals surface area contributed by atoms with Gasteiger partial charge in [0.2, 0.25) is 5.82 Å². The van der Waals surface area contributed by atoms with Crippen molar-refractivity contribution in [1.82, 2.24) is 14.8 Å². The molecule has 1 aromatic heterocycles. The van der Waals surface area contributed by atoms with E-state index < -0.39 is 19.6 Å². The quantitative estimate of drug-likeness (QED) is 0.676. The standard InChI is InChI=1S/C16H19F3N3O4P/c1-2-25-27(23,22-7-9-24-10-8-22)11-12-3-5-13(6-4-12)14-20-15(26-21-14)16(17,18)19/h3-6H,2,7-11H2,1H3. The molecule has 2 aromatic rings. The van der Waals surface area contributed by atoms with Crippen molar-refractivity contribution < 1.29 is 31.5 Å². The van der Waals surface area contributed by atoms with Crippen LogP contribution in [-0.2, 0) is 26.2 Å². The SMILES string of the molecule is CCOP(=O)(Cc1ccc(-c2noc(C(F)(F)F)n2)cc1)N1CCOCC1. The zero-order valence-electron chi connectivity index (χ0n) is 14.6. The van der Waals surface area contributed by atoms with Crippen molar-refractivity contribution in [2.45, 2.75) is 19.3 Å². The minimum Gasteiger partial charge on any atom is -0.379 e. The molecule has 1 unspecified atom stereocenters. The average Bonchev–Trinajstić information content (AvgIpc) is 3.14. The van der Waals surface area contributed by atoms with Gasteiger partial charge in [0.05, 0.1) is 26.0 Å². The minimum absolute atomic E-state index is 0.157. The molecule has 27 heavy (non-hydrogen) atoms. The molecule has 1 saturated heterocycles. The zero-order chi connectivity index (χ0) is 19.5. The largest absolute Gasteiger partial charge is 0.471 e. The van der Waals surface area contributed by atoms with Crippen LogP contribution in [0.15, 0.2) is 28.8 Å². The second-order valence-electron chi connectivity index (χ2n) is 5.90. The van der Waals surface area contributed by atoms with Gasteiger partial charge < -0.3 is 13.8 Å². The maximum atomic E-state index is 13.3. The van der Waals surface area contributed by atoms with Crippen molar-refractivity contribution in [3.05, 3.63) is 35.7 Å². The van der Waals surface area contributed by atoms with E-state index in [0.717, 1.165) is 5.56 Å². The van der Waals surface area contributed by atoms with E-state index in [1.165, 1.54) is 0 Å². The molecule has 2 heterocycles. The van der Waals surface area contributed by atoms with Crippen LogP contribution in [0, 0.1) is 0 Å². The minimum atomic E-state index is -4.69. The summed E-state index contributed by atoms with van der Waals surface area (Å²) in [6.45, 7) is 4.14. The second-order valence-corrected chi connectivity index (χ2v) is 8.31. The highest BCUT2D eigenvalue weighted by Gasteiger charge is 2.38. The van der Waals surface area contributed by atoms with E-state index in [1.54, 1.807) is 31.2 Å². The van der Waals surface area contributed by atoms with Gasteiger partial charge in [0.1, 0.15) is 0 Å². The number of aromatic nitrogens is 2. The highest BCUT2D eigenvalue weighted by Crippen LogP contribution is 2.54. The van der Waals surface area contributed by atoms with E-state index in [0.29, 0.717) is 38.5 Å². The highest BCUT2D eigenvalue weighted by atomic mass is 31.2. The van der Waals surface area contributed by atoms with E-state index in [9.17, 15) is 17.7 Å². The van der Waals surface area contributed by atoms with Gasteiger partial charge in [-0.3, -0.25) is 4.57 Å². The van der Waals surface area contributed by atoms with Gasteiger partial charge in [0.25, 0.3) is 7.52 Å². The fraction of sp³-hybridized carbons (Fsp3) is 0.500. The number of nitrogens with zero attached hydrogens (tertiary/aromatic N) is 3. The fourth-order valence-corrected chi connectivity index (χ4v) is 5.04. The first-order valence-corrected chi connectivity index (χ1v) is 10.1. The van der Waals surface area contributed by atoms with Crippen LogP contribution in [0.25, 0.3) is 11.4 Å². The monoisotopic (exact) mass is 405 g/mol. The van der Waals surface area contributed by atoms with Gasteiger partial charge >= 0.3 is 12.1 Å². The maximum absolute atomic E-state index is 13.3. The highest BCUT2D eigenvalue weighted by molar-refractivity contribution is 7.55. The van der Waals surface area contributed by atoms with Crippen LogP contribution in [0.3, 0.4) is 0 Å². The van der Waals surface area contributed by atoms with E-state index >= 15 is 0 Å². The van der Waals surface area contributed by atoms with Gasteiger partial charge in [-0.05, 0) is 12.5 Å². The van der Waals surface area contributed by atoms with Gasteiger partial charge in [0.15, 0.2) is 0 Å². The van der Waals surface area contributed by atoms with E-state index in [2.05, 4.69) is 14.7 Å². The van der Waals surface area contributed by atoms with Crippen molar-refractivity contribution in [3.8, 4) is 11.4 Å². The Balaban J connectivity index is 1.76. The molecule has 0 N–H and O–H groups in total. The predicted octanol–water partition coefficient (Wildman–Crippen LogP) is 3.82. The van der Waals surface area contributed by atoms with Crippen molar-refractivity contribution >= 4 is 7.52 Å². The molecule has 0 radical (unpaired) electrons. The fourth-order valence-electron chi connectivity index (χ4n) is 2.73. The van der Waals surface area contributed by atoms with Gasteiger partial charge in [-0.2, -0.15) is 18.2 Å². The summed E-state index contributed by atoms with van der Waals surface area (Å²) in [6, 6.07) is 6.47. The number of hydrogen-bond acceptors (Lipinski definition) is 6. The lowest BCUT2D eigenvalue weighted by Gasteiger charge is -2.33. The number of morpholine rings is 1. The molecule has 0 saturated carbocycles. The molecule has 1 atom stereocenters. The Morgan fingerprint density at radius 1 is 1.22 bits per heavy atom. The van der Waals surface area contributed by atoms with Crippen molar-refractivity contribution in [3.63, 3.8) is 0 Å². The number of halogens is 3. The summed E-state index contributed by atoms with van der Waals surface area (Å²) in [7, 11) is -3.07. The molecule has 0 amide bonds. The number of ether oxygens (including phenoxy) is 1. The van der Waals surface area contributed by atoms with E-state index in [-0.39, 0.29) is 12.0 Å². The second kappa shape index (κ2) is 8.10. The van der Waals surface area contributed by atoms with E-state index in [4.69, 9.17) is 9.26 Å². The lowest BCUT2D eigenvalue weighted by Crippen LogP contribution is -2.34. The van der Waals surface area contributed by atoms with Crippen LogP contribution in [0.5, 0.6) is 0 Å². The van der Waals surface area contributed by atoms with Gasteiger partial charge in [0, 0.05) is 18.7 Å². The van der Waals surface area contributed by atoms with Crippen LogP contribution in [0.2, 0.25) is 0 Å². The number of hydrogen-bond donors (Lipinski definition) is 0. The molecule has 0 spiro atoms. The third-order valence-electron chi connectivity index (χ3n) is 4.01. The summed E-state index contributed by atoms with van der Waals surface area (Å²) in [4.78, 5) is 3.35. The van der Waals surface area contributed by atoms with Crippen molar-refractivity contribution in [1.29, 1.82) is 0 Å². The molecule has 11 heteroatoms. The Morgan fingerprint density at radius 2 is 1.89 bits per heavy atom. The lowest BCUT2D eigenvalue weighted by molar-refractivity contribution is -0.159. The summed E-state index contributed by atoms with van der Waals surface area (Å²) < 4.78 is 67.9. The molecule has 3 rings (SSSR count). The molecular formula is C16H19F3N3O4P. The molecule has 1 fully saturated rings. The molecule has 0 aliphatic carbocycles. The van der Waals surface area contributed by atoms with Crippen molar-refractivity contribution in [2.24, 2.45) is 0 Å². The normalized spacial score (nSPS) is 18.4. The Kier molecular flexibility index (Phi) is 6.00. The van der Waals surface area contributed by atoms with Gasteiger partial charge in [-0.15, -0.1) is 0 Å². The Bertz CT molecular complexity index is 804. The average molecular weight is 405 g/mol. The molecule has 0 bridgehead atoms. The molecule has 1 aliphatic heterocycles. The summed E-state index contributed by atoms with van der Waals surface area (Å²) in [5.41, 5.74) is 1.11. The Hall–Kier alpha value is -1.74. The number of alkyl halides is 3. The topological polar surface area (TPSA) is 77.7 Å². The van der Waals surface area contributed by atoms with Crippen LogP contribution in [0.1, 0.15) is 18.4 Å². The van der Waals surface area contributed by atoms with Crippen LogP contribution in [0.4, 0.5) is 13.2 Å². The Morgan fingerprint density at radius 3 is 2.44 bits per heavy atom. The molecule has 148 valence electrons. The number of rotatable bonds is 6. The van der Waals surface area contributed by atoms with Gasteiger partial charge in [-0.1, -0.05) is 29.4 Å². The van der Waals surface area contributed by atoms with E-state index in [1.807, 2.05) is 4.67 Å². The first-order chi connectivity index (χ1) is 12.8.